The van der Waals surface area contributed by atoms with Gasteiger partial charge in [-0.05, 0) is 25.1 Å². The third kappa shape index (κ3) is 4.28. The van der Waals surface area contributed by atoms with Crippen molar-refractivity contribution in [2.45, 2.75) is 23.5 Å². The van der Waals surface area contributed by atoms with Crippen molar-refractivity contribution in [3.8, 4) is 0 Å². The predicted molar refractivity (Wildman–Crippen MR) is 82.6 cm³/mol. The molecule has 7 nitrogen and oxygen atoms in total. The summed E-state index contributed by atoms with van der Waals surface area (Å²) in [6, 6.07) is 5.15. The van der Waals surface area contributed by atoms with E-state index >= 15 is 0 Å². The first-order valence-corrected chi connectivity index (χ1v) is 7.74. The van der Waals surface area contributed by atoms with Crippen LogP contribution in [0.2, 0.25) is 5.02 Å². The first-order valence-electron chi connectivity index (χ1n) is 6.48. The molecule has 1 heterocycles. The average molecular weight is 344 g/mol. The third-order valence-corrected chi connectivity index (χ3v) is 4.22. The number of carbonyl (C=O) groups is 3. The van der Waals surface area contributed by atoms with Gasteiger partial charge < -0.3 is 10.1 Å². The zero-order chi connectivity index (χ0) is 16.1. The Balaban J connectivity index is 1.91. The molecule has 0 fully saturated rings. The number of rotatable bonds is 3. The summed E-state index contributed by atoms with van der Waals surface area (Å²) >= 11 is 7.14. The van der Waals surface area contributed by atoms with Gasteiger partial charge in [0.05, 0.1) is 17.5 Å². The maximum Gasteiger partial charge on any atom is 0.426 e. The molecule has 0 saturated heterocycles. The highest BCUT2D eigenvalue weighted by molar-refractivity contribution is 8.01. The van der Waals surface area contributed by atoms with Gasteiger partial charge in [-0.2, -0.15) is 0 Å². The van der Waals surface area contributed by atoms with Crippen molar-refractivity contribution in [1.29, 1.82) is 0 Å². The van der Waals surface area contributed by atoms with Crippen molar-refractivity contribution in [3.63, 3.8) is 0 Å². The van der Waals surface area contributed by atoms with Gasteiger partial charge in [0.1, 0.15) is 0 Å². The zero-order valence-electron chi connectivity index (χ0n) is 11.6. The number of ether oxygens (including phenoxy) is 1. The SMILES string of the molecule is CCOC(=O)NNC(=O)CC1Sc2ccc(Cl)cc2NC1=O. The minimum Gasteiger partial charge on any atom is -0.449 e. The van der Waals surface area contributed by atoms with E-state index < -0.39 is 17.3 Å². The molecule has 3 amide bonds. The van der Waals surface area contributed by atoms with Crippen molar-refractivity contribution < 1.29 is 19.1 Å². The van der Waals surface area contributed by atoms with Crippen molar-refractivity contribution in [2.75, 3.05) is 11.9 Å². The van der Waals surface area contributed by atoms with E-state index in [0.717, 1.165) is 4.90 Å². The van der Waals surface area contributed by atoms with Gasteiger partial charge in [-0.15, -0.1) is 11.8 Å². The van der Waals surface area contributed by atoms with Crippen molar-refractivity contribution in [2.24, 2.45) is 0 Å². The molecule has 22 heavy (non-hydrogen) atoms. The van der Waals surface area contributed by atoms with Crippen LogP contribution in [0.1, 0.15) is 13.3 Å². The molecular formula is C13H14ClN3O4S. The lowest BCUT2D eigenvalue weighted by Gasteiger charge is -2.23. The molecule has 0 aromatic heterocycles. The van der Waals surface area contributed by atoms with Crippen LogP contribution in [0.25, 0.3) is 0 Å². The molecule has 0 radical (unpaired) electrons. The van der Waals surface area contributed by atoms with Crippen molar-refractivity contribution in [3.05, 3.63) is 23.2 Å². The van der Waals surface area contributed by atoms with Crippen LogP contribution in [0.4, 0.5) is 10.5 Å². The fourth-order valence-electron chi connectivity index (χ4n) is 1.76. The predicted octanol–water partition coefficient (Wildman–Crippen LogP) is 1.92. The number of halogens is 1. The Hall–Kier alpha value is -1.93. The summed E-state index contributed by atoms with van der Waals surface area (Å²) in [5, 5.41) is 2.64. The smallest absolute Gasteiger partial charge is 0.426 e. The van der Waals surface area contributed by atoms with Gasteiger partial charge in [0, 0.05) is 16.3 Å². The van der Waals surface area contributed by atoms with Gasteiger partial charge in [0.2, 0.25) is 11.8 Å². The summed E-state index contributed by atoms with van der Waals surface area (Å²) in [6.07, 6.45) is -0.832. The molecule has 1 unspecified atom stereocenters. The monoisotopic (exact) mass is 343 g/mol. The van der Waals surface area contributed by atoms with Gasteiger partial charge in [-0.1, -0.05) is 11.6 Å². The van der Waals surface area contributed by atoms with Crippen LogP contribution in [0.5, 0.6) is 0 Å². The average Bonchev–Trinajstić information content (AvgIpc) is 2.46. The Labute approximate surface area is 136 Å². The summed E-state index contributed by atoms with van der Waals surface area (Å²) in [7, 11) is 0. The summed E-state index contributed by atoms with van der Waals surface area (Å²) in [5.41, 5.74) is 4.91. The Morgan fingerprint density at radius 2 is 2.18 bits per heavy atom. The van der Waals surface area contributed by atoms with Crippen LogP contribution >= 0.6 is 23.4 Å². The topological polar surface area (TPSA) is 96.5 Å². The molecule has 2 rings (SSSR count). The number of thioether (sulfide) groups is 1. The molecule has 0 bridgehead atoms. The van der Waals surface area contributed by atoms with Gasteiger partial charge in [0.15, 0.2) is 0 Å². The molecule has 0 spiro atoms. The third-order valence-electron chi connectivity index (χ3n) is 2.71. The number of hydrogen-bond acceptors (Lipinski definition) is 5. The molecule has 1 aliphatic rings. The Morgan fingerprint density at radius 1 is 1.41 bits per heavy atom. The maximum absolute atomic E-state index is 12.0. The largest absolute Gasteiger partial charge is 0.449 e. The Morgan fingerprint density at radius 3 is 2.91 bits per heavy atom. The van der Waals surface area contributed by atoms with E-state index in [1.807, 2.05) is 0 Å². The number of amides is 3. The molecular weight excluding hydrogens is 330 g/mol. The summed E-state index contributed by atoms with van der Waals surface area (Å²) in [6.45, 7) is 1.84. The number of carbonyl (C=O) groups excluding carboxylic acids is 3. The lowest BCUT2D eigenvalue weighted by atomic mass is 10.2. The molecule has 1 aliphatic heterocycles. The molecule has 118 valence electrons. The van der Waals surface area contributed by atoms with E-state index in [4.69, 9.17) is 11.6 Å². The molecule has 1 aromatic carbocycles. The lowest BCUT2D eigenvalue weighted by Crippen LogP contribution is -2.44. The fraction of sp³-hybridized carbons (Fsp3) is 0.308. The van der Waals surface area contributed by atoms with Crippen LogP contribution < -0.4 is 16.2 Å². The Kier molecular flexibility index (Phi) is 5.51. The van der Waals surface area contributed by atoms with Crippen LogP contribution in [0.15, 0.2) is 23.1 Å². The van der Waals surface area contributed by atoms with Crippen LogP contribution in [-0.4, -0.2) is 29.8 Å². The second kappa shape index (κ2) is 7.37. The first kappa shape index (κ1) is 16.4. The lowest BCUT2D eigenvalue weighted by molar-refractivity contribution is -0.124. The zero-order valence-corrected chi connectivity index (χ0v) is 13.2. The summed E-state index contributed by atoms with van der Waals surface area (Å²) < 4.78 is 4.60. The molecule has 0 saturated carbocycles. The van der Waals surface area contributed by atoms with E-state index in [9.17, 15) is 14.4 Å². The molecule has 1 aromatic rings. The molecule has 1 atom stereocenters. The van der Waals surface area contributed by atoms with E-state index in [2.05, 4.69) is 20.9 Å². The first-order chi connectivity index (χ1) is 10.5. The number of hydrogen-bond donors (Lipinski definition) is 3. The van der Waals surface area contributed by atoms with Crippen LogP contribution in [0, 0.1) is 0 Å². The highest BCUT2D eigenvalue weighted by Crippen LogP contribution is 2.38. The van der Waals surface area contributed by atoms with Gasteiger partial charge >= 0.3 is 6.09 Å². The van der Waals surface area contributed by atoms with E-state index in [1.165, 1.54) is 11.8 Å². The normalized spacial score (nSPS) is 16.3. The van der Waals surface area contributed by atoms with E-state index in [0.29, 0.717) is 10.7 Å². The van der Waals surface area contributed by atoms with E-state index in [1.54, 1.807) is 25.1 Å². The number of benzene rings is 1. The number of anilines is 1. The minimum atomic E-state index is -0.753. The van der Waals surface area contributed by atoms with Gasteiger partial charge in [0.25, 0.3) is 0 Å². The minimum absolute atomic E-state index is 0.0784. The second-order valence-electron chi connectivity index (χ2n) is 4.33. The molecule has 3 N–H and O–H groups in total. The Bertz CT molecular complexity index is 611. The van der Waals surface area contributed by atoms with Crippen molar-refractivity contribution >= 4 is 47.0 Å². The summed E-state index contributed by atoms with van der Waals surface area (Å²) in [5.74, 6) is -0.774. The van der Waals surface area contributed by atoms with Crippen molar-refractivity contribution in [1.82, 2.24) is 10.9 Å². The van der Waals surface area contributed by atoms with E-state index in [-0.39, 0.29) is 18.9 Å². The highest BCUT2D eigenvalue weighted by Gasteiger charge is 2.29. The van der Waals surface area contributed by atoms with Crippen LogP contribution in [0.3, 0.4) is 0 Å². The second-order valence-corrected chi connectivity index (χ2v) is 6.01. The highest BCUT2D eigenvalue weighted by atomic mass is 35.5. The number of nitrogens with one attached hydrogen (secondary N) is 3. The number of hydrazine groups is 1. The number of fused-ring (bicyclic) bond motifs is 1. The quantitative estimate of drug-likeness (QED) is 0.729. The van der Waals surface area contributed by atoms with Gasteiger partial charge in [-0.25, -0.2) is 10.2 Å². The standard InChI is InChI=1S/C13H14ClN3O4S/c1-2-21-13(20)17-16-11(18)6-10-12(19)15-8-5-7(14)3-4-9(8)22-10/h3-5,10H,2,6H2,1H3,(H,15,19)(H,16,18)(H,17,20). The fourth-order valence-corrected chi connectivity index (χ4v) is 3.03. The van der Waals surface area contributed by atoms with Crippen LogP contribution in [-0.2, 0) is 14.3 Å². The molecule has 0 aliphatic carbocycles. The van der Waals surface area contributed by atoms with Gasteiger partial charge in [-0.3, -0.25) is 15.0 Å². The molecule has 9 heteroatoms. The summed E-state index contributed by atoms with van der Waals surface area (Å²) in [4.78, 5) is 35.6. The maximum atomic E-state index is 12.0.